The molecule has 37 heavy (non-hydrogen) atoms. The van der Waals surface area contributed by atoms with Crippen molar-refractivity contribution < 1.29 is 4.43 Å². The van der Waals surface area contributed by atoms with E-state index >= 15 is 0 Å². The maximum Gasteiger partial charge on any atom is 0.221 e. The summed E-state index contributed by atoms with van der Waals surface area (Å²) in [6.45, 7) is 14.0. The van der Waals surface area contributed by atoms with Gasteiger partial charge in [0.1, 0.15) is 5.69 Å². The second-order valence-corrected chi connectivity index (χ2v) is 15.4. The average Bonchev–Trinajstić information content (AvgIpc) is 3.30. The van der Waals surface area contributed by atoms with Gasteiger partial charge in [-0.2, -0.15) is 5.26 Å². The number of aromatic nitrogens is 6. The predicted octanol–water partition coefficient (Wildman–Crippen LogP) is 5.13. The summed E-state index contributed by atoms with van der Waals surface area (Å²) in [6, 6.07) is 15.5. The van der Waals surface area contributed by atoms with E-state index in [0.717, 1.165) is 22.5 Å². The second kappa shape index (κ2) is 10.2. The van der Waals surface area contributed by atoms with Gasteiger partial charge in [-0.3, -0.25) is 4.98 Å². The first kappa shape index (κ1) is 26.1. The number of nitriles is 1. The van der Waals surface area contributed by atoms with Crippen LogP contribution in [0.5, 0.6) is 0 Å². The highest BCUT2D eigenvalue weighted by molar-refractivity contribution is 6.74. The Balaban J connectivity index is 1.53. The zero-order valence-electron chi connectivity index (χ0n) is 22.1. The third-order valence-corrected chi connectivity index (χ3v) is 11.3. The topological polar surface area (TPSA) is 128 Å². The van der Waals surface area contributed by atoms with Crippen LogP contribution in [0.2, 0.25) is 18.1 Å². The van der Waals surface area contributed by atoms with Crippen molar-refractivity contribution in [1.29, 1.82) is 5.26 Å². The maximum absolute atomic E-state index is 9.38. The van der Waals surface area contributed by atoms with Crippen LogP contribution in [-0.2, 0) is 17.6 Å². The van der Waals surface area contributed by atoms with Crippen molar-refractivity contribution >= 4 is 14.3 Å². The molecule has 0 bridgehead atoms. The summed E-state index contributed by atoms with van der Waals surface area (Å²) in [5.74, 6) is 0.125. The minimum absolute atomic E-state index is 0.125. The average molecular weight is 513 g/mol. The van der Waals surface area contributed by atoms with E-state index in [4.69, 9.17) is 15.1 Å². The molecule has 0 aliphatic carbocycles. The molecule has 0 fully saturated rings. The summed E-state index contributed by atoms with van der Waals surface area (Å²) in [5.41, 5.74) is 11.8. The van der Waals surface area contributed by atoms with E-state index in [1.807, 2.05) is 49.5 Å². The van der Waals surface area contributed by atoms with E-state index in [2.05, 4.69) is 60.2 Å². The molecule has 4 rings (SSSR count). The summed E-state index contributed by atoms with van der Waals surface area (Å²) < 4.78 is 8.04. The molecular weight excluding hydrogens is 480 g/mol. The van der Waals surface area contributed by atoms with Gasteiger partial charge in [-0.25, -0.2) is 14.6 Å². The van der Waals surface area contributed by atoms with Crippen LogP contribution in [0.1, 0.15) is 43.3 Å². The summed E-state index contributed by atoms with van der Waals surface area (Å²) in [7, 11) is -1.86. The van der Waals surface area contributed by atoms with Crippen LogP contribution >= 0.6 is 0 Å². The van der Waals surface area contributed by atoms with Crippen molar-refractivity contribution in [3.05, 3.63) is 71.2 Å². The Morgan fingerprint density at radius 1 is 1.00 bits per heavy atom. The van der Waals surface area contributed by atoms with Crippen molar-refractivity contribution in [2.24, 2.45) is 0 Å². The highest BCUT2D eigenvalue weighted by Gasteiger charge is 2.37. The zero-order valence-corrected chi connectivity index (χ0v) is 23.1. The molecule has 0 unspecified atom stereocenters. The summed E-state index contributed by atoms with van der Waals surface area (Å²) in [5, 5.41) is 18.1. The van der Waals surface area contributed by atoms with Crippen molar-refractivity contribution in [2.75, 3.05) is 5.73 Å². The molecular formula is C27H32N8OSi. The number of nitrogen functional groups attached to an aromatic ring is 1. The van der Waals surface area contributed by atoms with Gasteiger partial charge >= 0.3 is 0 Å². The third-order valence-electron chi connectivity index (χ3n) is 6.85. The highest BCUT2D eigenvalue weighted by atomic mass is 28.4. The van der Waals surface area contributed by atoms with Crippen molar-refractivity contribution in [2.45, 2.75) is 59.0 Å². The van der Waals surface area contributed by atoms with E-state index < -0.39 is 8.32 Å². The van der Waals surface area contributed by atoms with Crippen molar-refractivity contribution in [1.82, 2.24) is 29.9 Å². The van der Waals surface area contributed by atoms with Gasteiger partial charge in [-0.1, -0.05) is 44.2 Å². The standard InChI is InChI=1S/C27H32N8OSi/c1-18-19(14-28)9-7-12-22(18)23-13-24(32-26(29)31-23)25-16-35(34-33-25)15-20-10-8-11-21(30-20)17-36-37(5,6)27(2,3)4/h7-13,16H,15,17H2,1-6H3,(H2,29,31,32). The Morgan fingerprint density at radius 3 is 2.43 bits per heavy atom. The minimum atomic E-state index is -1.86. The molecule has 2 N–H and O–H groups in total. The molecule has 0 saturated heterocycles. The first-order valence-electron chi connectivity index (χ1n) is 12.1. The van der Waals surface area contributed by atoms with Crippen molar-refractivity contribution in [3.63, 3.8) is 0 Å². The lowest BCUT2D eigenvalue weighted by Gasteiger charge is -2.36. The molecule has 3 aromatic heterocycles. The first-order chi connectivity index (χ1) is 17.5. The summed E-state index contributed by atoms with van der Waals surface area (Å²) in [4.78, 5) is 13.5. The SMILES string of the molecule is Cc1c(C#N)cccc1-c1cc(-c2cn(Cc3cccc(CO[Si](C)(C)C(C)(C)C)n3)nn2)nc(N)n1. The van der Waals surface area contributed by atoms with E-state index in [-0.39, 0.29) is 11.0 Å². The molecule has 4 aromatic rings. The normalized spacial score (nSPS) is 11.9. The number of anilines is 1. The van der Waals surface area contributed by atoms with Gasteiger partial charge in [0.25, 0.3) is 0 Å². The van der Waals surface area contributed by atoms with Gasteiger partial charge in [0, 0.05) is 5.56 Å². The largest absolute Gasteiger partial charge is 0.411 e. The number of nitrogens with two attached hydrogens (primary N) is 1. The van der Waals surface area contributed by atoms with Crippen LogP contribution in [0, 0.1) is 18.3 Å². The van der Waals surface area contributed by atoms with Crippen LogP contribution in [0.3, 0.4) is 0 Å². The van der Waals surface area contributed by atoms with Gasteiger partial charge in [-0.05, 0) is 54.9 Å². The van der Waals surface area contributed by atoms with E-state index in [1.165, 1.54) is 0 Å². The van der Waals surface area contributed by atoms with E-state index in [1.54, 1.807) is 10.7 Å². The fourth-order valence-corrected chi connectivity index (χ4v) is 4.54. The quantitative estimate of drug-likeness (QED) is 0.337. The van der Waals surface area contributed by atoms with Gasteiger partial charge in [0.05, 0.1) is 53.8 Å². The molecule has 9 nitrogen and oxygen atoms in total. The fraction of sp³-hybridized carbons (Fsp3) is 0.333. The minimum Gasteiger partial charge on any atom is -0.411 e. The lowest BCUT2D eigenvalue weighted by Crippen LogP contribution is -2.40. The molecule has 0 radical (unpaired) electrons. The van der Waals surface area contributed by atoms with E-state index in [0.29, 0.717) is 35.8 Å². The zero-order chi connectivity index (χ0) is 26.8. The number of hydrogen-bond donors (Lipinski definition) is 1. The van der Waals surface area contributed by atoms with Gasteiger partial charge in [0.15, 0.2) is 8.32 Å². The molecule has 0 spiro atoms. The lowest BCUT2D eigenvalue weighted by atomic mass is 10.00. The molecule has 0 aliphatic heterocycles. The Labute approximate surface area is 218 Å². The predicted molar refractivity (Wildman–Crippen MR) is 146 cm³/mol. The number of hydrogen-bond acceptors (Lipinski definition) is 8. The second-order valence-electron chi connectivity index (χ2n) is 10.6. The summed E-state index contributed by atoms with van der Waals surface area (Å²) in [6.07, 6.45) is 1.81. The molecule has 10 heteroatoms. The number of nitrogens with zero attached hydrogens (tertiary/aromatic N) is 7. The fourth-order valence-electron chi connectivity index (χ4n) is 3.60. The molecule has 0 saturated carbocycles. The molecule has 3 heterocycles. The highest BCUT2D eigenvalue weighted by Crippen LogP contribution is 2.37. The Kier molecular flexibility index (Phi) is 7.20. The van der Waals surface area contributed by atoms with Gasteiger partial charge in [-0.15, -0.1) is 5.10 Å². The smallest absolute Gasteiger partial charge is 0.221 e. The first-order valence-corrected chi connectivity index (χ1v) is 15.0. The van der Waals surface area contributed by atoms with Crippen molar-refractivity contribution in [3.8, 4) is 28.7 Å². The molecule has 0 amide bonds. The molecule has 0 aliphatic rings. The molecule has 190 valence electrons. The van der Waals surface area contributed by atoms with Crippen LogP contribution in [0.15, 0.2) is 48.7 Å². The monoisotopic (exact) mass is 512 g/mol. The lowest BCUT2D eigenvalue weighted by molar-refractivity contribution is 0.271. The molecule has 0 atom stereocenters. The van der Waals surface area contributed by atoms with Crippen LogP contribution in [-0.4, -0.2) is 38.3 Å². The Hall–Kier alpha value is -3.94. The Morgan fingerprint density at radius 2 is 1.70 bits per heavy atom. The van der Waals surface area contributed by atoms with E-state index in [9.17, 15) is 5.26 Å². The van der Waals surface area contributed by atoms with Gasteiger partial charge < -0.3 is 10.2 Å². The van der Waals surface area contributed by atoms with Crippen LogP contribution < -0.4 is 5.73 Å². The van der Waals surface area contributed by atoms with Crippen LogP contribution in [0.25, 0.3) is 22.6 Å². The van der Waals surface area contributed by atoms with Gasteiger partial charge in [0.2, 0.25) is 5.95 Å². The number of pyridine rings is 1. The Bertz CT molecular complexity index is 1470. The summed E-state index contributed by atoms with van der Waals surface area (Å²) >= 11 is 0. The van der Waals surface area contributed by atoms with Crippen LogP contribution in [0.4, 0.5) is 5.95 Å². The third kappa shape index (κ3) is 5.90. The maximum atomic E-state index is 9.38. The number of benzene rings is 1. The number of rotatable bonds is 7. The molecule has 1 aromatic carbocycles.